The van der Waals surface area contributed by atoms with Gasteiger partial charge in [-0.25, -0.2) is 4.79 Å². The first-order chi connectivity index (χ1) is 16.9. The maximum absolute atomic E-state index is 13.3. The highest BCUT2D eigenvalue weighted by atomic mass is 16.5. The van der Waals surface area contributed by atoms with E-state index in [0.717, 1.165) is 22.3 Å². The minimum Gasteiger partial charge on any atom is -0.481 e. The molecule has 0 aromatic heterocycles. The summed E-state index contributed by atoms with van der Waals surface area (Å²) >= 11 is 0. The minimum atomic E-state index is -0.836. The number of methoxy groups -OCH3 is 1. The van der Waals surface area contributed by atoms with E-state index in [1.807, 2.05) is 43.3 Å². The Kier molecular flexibility index (Phi) is 7.70. The second kappa shape index (κ2) is 10.9. The van der Waals surface area contributed by atoms with Gasteiger partial charge < -0.3 is 24.8 Å². The molecule has 2 N–H and O–H groups in total. The number of carboxylic acids is 1. The Bertz CT molecular complexity index is 1040. The van der Waals surface area contributed by atoms with Crippen molar-refractivity contribution >= 4 is 18.0 Å². The average molecular weight is 481 g/mol. The van der Waals surface area contributed by atoms with Gasteiger partial charge in [0.25, 0.3) is 0 Å². The van der Waals surface area contributed by atoms with Crippen LogP contribution in [0.1, 0.15) is 43.2 Å². The minimum absolute atomic E-state index is 0.0728. The van der Waals surface area contributed by atoms with Gasteiger partial charge in [0.2, 0.25) is 5.91 Å². The lowest BCUT2D eigenvalue weighted by molar-refractivity contribution is -0.148. The molecule has 3 atom stereocenters. The largest absolute Gasteiger partial charge is 0.481 e. The summed E-state index contributed by atoms with van der Waals surface area (Å²) < 4.78 is 10.8. The van der Waals surface area contributed by atoms with Crippen molar-refractivity contribution < 1.29 is 29.0 Å². The maximum atomic E-state index is 13.3. The average Bonchev–Trinajstić information content (AvgIpc) is 3.18. The molecule has 35 heavy (non-hydrogen) atoms. The highest BCUT2D eigenvalue weighted by Gasteiger charge is 2.36. The lowest BCUT2D eigenvalue weighted by atomic mass is 9.91. The van der Waals surface area contributed by atoms with Crippen LogP contribution in [0.2, 0.25) is 0 Å². The third kappa shape index (κ3) is 5.32. The Labute approximate surface area is 205 Å². The fourth-order valence-corrected chi connectivity index (χ4v) is 5.20. The number of piperidine rings is 1. The zero-order valence-corrected chi connectivity index (χ0v) is 20.1. The molecule has 1 saturated heterocycles. The van der Waals surface area contributed by atoms with Gasteiger partial charge in [-0.15, -0.1) is 0 Å². The number of alkyl carbamates (subject to hydrolysis) is 1. The van der Waals surface area contributed by atoms with E-state index in [1.54, 1.807) is 4.90 Å². The number of carbonyl (C=O) groups is 3. The zero-order valence-electron chi connectivity index (χ0n) is 20.1. The van der Waals surface area contributed by atoms with Crippen molar-refractivity contribution in [3.8, 4) is 11.1 Å². The van der Waals surface area contributed by atoms with Crippen molar-refractivity contribution in [1.29, 1.82) is 0 Å². The van der Waals surface area contributed by atoms with Crippen LogP contribution in [0, 0.1) is 5.92 Å². The van der Waals surface area contributed by atoms with Crippen LogP contribution in [0.3, 0.4) is 0 Å². The number of carboxylic acid groups (broad SMARTS) is 1. The first-order valence-electron chi connectivity index (χ1n) is 12.0. The normalized spacial score (nSPS) is 20.0. The summed E-state index contributed by atoms with van der Waals surface area (Å²) in [6.45, 7) is 2.63. The van der Waals surface area contributed by atoms with Crippen molar-refractivity contribution in [1.82, 2.24) is 10.2 Å². The number of hydrogen-bond donors (Lipinski definition) is 2. The van der Waals surface area contributed by atoms with Gasteiger partial charge in [0.15, 0.2) is 0 Å². The SMILES string of the molecule is COCCC(NC(=O)OCC1c2ccccc2-c2ccccc21)C(=O)N1CC[C@@H](C(=O)O)C[C@H]1C. The first kappa shape index (κ1) is 24.7. The molecule has 1 unspecified atom stereocenters. The van der Waals surface area contributed by atoms with Crippen molar-refractivity contribution in [2.24, 2.45) is 5.92 Å². The Morgan fingerprint density at radius 3 is 2.29 bits per heavy atom. The molecule has 0 spiro atoms. The predicted octanol–water partition coefficient (Wildman–Crippen LogP) is 3.64. The molecule has 186 valence electrons. The number of ether oxygens (including phenoxy) is 2. The molecule has 2 amide bonds. The Balaban J connectivity index is 1.40. The van der Waals surface area contributed by atoms with Gasteiger partial charge in [-0.05, 0) is 42.0 Å². The number of nitrogens with zero attached hydrogens (tertiary/aromatic N) is 1. The van der Waals surface area contributed by atoms with E-state index in [-0.39, 0.29) is 24.5 Å². The molecule has 8 nitrogen and oxygen atoms in total. The Morgan fingerprint density at radius 2 is 1.71 bits per heavy atom. The van der Waals surface area contributed by atoms with Gasteiger partial charge in [-0.1, -0.05) is 48.5 Å². The molecular formula is C27H32N2O6. The molecule has 0 bridgehead atoms. The second-order valence-corrected chi connectivity index (χ2v) is 9.24. The number of fused-ring (bicyclic) bond motifs is 3. The summed E-state index contributed by atoms with van der Waals surface area (Å²) in [6.07, 6.45) is 0.427. The van der Waals surface area contributed by atoms with Gasteiger partial charge in [0.05, 0.1) is 5.92 Å². The van der Waals surface area contributed by atoms with Crippen LogP contribution in [-0.4, -0.2) is 66.9 Å². The van der Waals surface area contributed by atoms with Crippen molar-refractivity contribution in [2.45, 2.75) is 44.2 Å². The van der Waals surface area contributed by atoms with Crippen LogP contribution in [0.4, 0.5) is 4.79 Å². The van der Waals surface area contributed by atoms with E-state index in [9.17, 15) is 19.5 Å². The molecule has 1 fully saturated rings. The van der Waals surface area contributed by atoms with Gasteiger partial charge in [-0.3, -0.25) is 9.59 Å². The van der Waals surface area contributed by atoms with E-state index in [4.69, 9.17) is 9.47 Å². The number of carbonyl (C=O) groups excluding carboxylic acids is 2. The molecule has 8 heteroatoms. The standard InChI is InChI=1S/C27H32N2O6/c1-17-15-18(26(31)32)11-13-29(17)25(30)24(12-14-34-2)28-27(33)35-16-23-21-9-5-3-7-19(21)20-8-4-6-10-22(20)23/h3-10,17-18,23-24H,11-16H2,1-2H3,(H,28,33)(H,31,32)/t17-,18-,24?/m1/s1. The Morgan fingerprint density at radius 1 is 1.09 bits per heavy atom. The van der Waals surface area contributed by atoms with E-state index >= 15 is 0 Å². The number of nitrogens with one attached hydrogen (secondary N) is 1. The molecule has 2 aromatic rings. The Hall–Kier alpha value is -3.39. The quantitative estimate of drug-likeness (QED) is 0.598. The fourth-order valence-electron chi connectivity index (χ4n) is 5.20. The third-order valence-electron chi connectivity index (χ3n) is 7.05. The number of benzene rings is 2. The smallest absolute Gasteiger partial charge is 0.407 e. The maximum Gasteiger partial charge on any atom is 0.407 e. The molecule has 1 aliphatic heterocycles. The second-order valence-electron chi connectivity index (χ2n) is 9.24. The van der Waals surface area contributed by atoms with Crippen molar-refractivity contribution in [3.63, 3.8) is 0 Å². The van der Waals surface area contributed by atoms with Crippen LogP contribution in [0.15, 0.2) is 48.5 Å². The number of rotatable bonds is 8. The van der Waals surface area contributed by atoms with Crippen LogP contribution < -0.4 is 5.32 Å². The van der Waals surface area contributed by atoms with E-state index in [2.05, 4.69) is 17.4 Å². The molecule has 4 rings (SSSR count). The summed E-state index contributed by atoms with van der Waals surface area (Å²) in [5.41, 5.74) is 4.51. The van der Waals surface area contributed by atoms with E-state index in [1.165, 1.54) is 7.11 Å². The molecule has 0 saturated carbocycles. The van der Waals surface area contributed by atoms with E-state index < -0.39 is 24.0 Å². The lowest BCUT2D eigenvalue weighted by Crippen LogP contribution is -2.54. The summed E-state index contributed by atoms with van der Waals surface area (Å²) in [4.78, 5) is 39.0. The summed E-state index contributed by atoms with van der Waals surface area (Å²) in [6, 6.07) is 15.2. The van der Waals surface area contributed by atoms with Crippen LogP contribution >= 0.6 is 0 Å². The fraction of sp³-hybridized carbons (Fsp3) is 0.444. The zero-order chi connectivity index (χ0) is 24.9. The van der Waals surface area contributed by atoms with Gasteiger partial charge >= 0.3 is 12.1 Å². The predicted molar refractivity (Wildman–Crippen MR) is 130 cm³/mol. The van der Waals surface area contributed by atoms with Gasteiger partial charge in [0.1, 0.15) is 12.6 Å². The van der Waals surface area contributed by atoms with Gasteiger partial charge in [0, 0.05) is 38.6 Å². The molecular weight excluding hydrogens is 448 g/mol. The molecule has 1 aliphatic carbocycles. The molecule has 2 aromatic carbocycles. The van der Waals surface area contributed by atoms with E-state index in [0.29, 0.717) is 32.4 Å². The molecule has 0 radical (unpaired) electrons. The monoisotopic (exact) mass is 480 g/mol. The topological polar surface area (TPSA) is 105 Å². The number of amides is 2. The van der Waals surface area contributed by atoms with Crippen LogP contribution in [0.25, 0.3) is 11.1 Å². The van der Waals surface area contributed by atoms with Crippen molar-refractivity contribution in [3.05, 3.63) is 59.7 Å². The summed E-state index contributed by atoms with van der Waals surface area (Å²) in [5.74, 6) is -1.61. The van der Waals surface area contributed by atoms with Crippen molar-refractivity contribution in [2.75, 3.05) is 26.9 Å². The lowest BCUT2D eigenvalue weighted by Gasteiger charge is -2.38. The third-order valence-corrected chi connectivity index (χ3v) is 7.05. The summed E-state index contributed by atoms with van der Waals surface area (Å²) in [5, 5.41) is 12.0. The molecule has 2 aliphatic rings. The van der Waals surface area contributed by atoms with Gasteiger partial charge in [-0.2, -0.15) is 0 Å². The highest BCUT2D eigenvalue weighted by Crippen LogP contribution is 2.44. The number of aliphatic carboxylic acids is 1. The highest BCUT2D eigenvalue weighted by molar-refractivity contribution is 5.86. The number of likely N-dealkylation sites (tertiary alicyclic amines) is 1. The van der Waals surface area contributed by atoms with Crippen LogP contribution in [0.5, 0.6) is 0 Å². The summed E-state index contributed by atoms with van der Waals surface area (Å²) in [7, 11) is 1.54. The number of hydrogen-bond acceptors (Lipinski definition) is 5. The van der Waals surface area contributed by atoms with Crippen LogP contribution in [-0.2, 0) is 19.1 Å². The molecule has 1 heterocycles. The first-order valence-corrected chi connectivity index (χ1v) is 12.0.